The lowest BCUT2D eigenvalue weighted by Gasteiger charge is -2.62. The van der Waals surface area contributed by atoms with E-state index in [1.165, 1.54) is 25.7 Å². The Bertz CT molecular complexity index is 1060. The molecule has 1 aromatic rings. The molecule has 0 unspecified atom stereocenters. The molecular formula is C33H50ClNO4S. The van der Waals surface area contributed by atoms with Crippen molar-refractivity contribution in [3.63, 3.8) is 0 Å². The predicted octanol–water partition coefficient (Wildman–Crippen LogP) is 8.21. The highest BCUT2D eigenvalue weighted by atomic mass is 35.5. The summed E-state index contributed by atoms with van der Waals surface area (Å²) in [6.45, 7) is 12.5. The minimum Gasteiger partial charge on any atom is -0.356 e. The van der Waals surface area contributed by atoms with Crippen molar-refractivity contribution in [3.8, 4) is 0 Å². The zero-order valence-electron chi connectivity index (χ0n) is 25.2. The van der Waals surface area contributed by atoms with E-state index >= 15 is 0 Å². The molecule has 0 bridgehead atoms. The summed E-state index contributed by atoms with van der Waals surface area (Å²) in [7, 11) is 0. The molecule has 1 amide bonds. The Labute approximate surface area is 250 Å². The van der Waals surface area contributed by atoms with Gasteiger partial charge in [0.15, 0.2) is 0 Å². The van der Waals surface area contributed by atoms with Gasteiger partial charge < -0.3 is 14.8 Å². The summed E-state index contributed by atoms with van der Waals surface area (Å²) >= 11 is 7.73. The fraction of sp³-hybridized carbons (Fsp3) is 0.818. The highest BCUT2D eigenvalue weighted by Gasteiger charge is 2.63. The molecule has 0 aliphatic heterocycles. The quantitative estimate of drug-likeness (QED) is 0.220. The normalized spacial score (nSPS) is 38.7. The summed E-state index contributed by atoms with van der Waals surface area (Å²) in [5.74, 6) is 3.59. The summed E-state index contributed by atoms with van der Waals surface area (Å²) in [6.07, 6.45) is 9.90. The Balaban J connectivity index is 1.31. The minimum atomic E-state index is 0.0288. The van der Waals surface area contributed by atoms with E-state index in [-0.39, 0.29) is 28.9 Å². The Hall–Kier alpha value is -0.950. The van der Waals surface area contributed by atoms with E-state index in [2.05, 4.69) is 33.0 Å². The second-order valence-corrected chi connectivity index (χ2v) is 15.6. The van der Waals surface area contributed by atoms with Crippen molar-refractivity contribution in [3.05, 3.63) is 21.3 Å². The molecule has 0 radical (unpaired) electrons. The molecule has 0 spiro atoms. The summed E-state index contributed by atoms with van der Waals surface area (Å²) in [4.78, 5) is 26.9. The highest BCUT2D eigenvalue weighted by Crippen LogP contribution is 2.68. The van der Waals surface area contributed by atoms with Crippen LogP contribution in [0.4, 0.5) is 0 Å². The number of carbonyl (C=O) groups is 2. The second kappa shape index (κ2) is 12.3. The number of fused-ring (bicyclic) bond motifs is 5. The third kappa shape index (κ3) is 5.68. The molecule has 0 saturated heterocycles. The molecule has 1 N–H and O–H groups in total. The molecule has 5 rings (SSSR count). The van der Waals surface area contributed by atoms with Gasteiger partial charge in [-0.2, -0.15) is 0 Å². The van der Waals surface area contributed by atoms with Gasteiger partial charge in [-0.15, -0.1) is 11.3 Å². The summed E-state index contributed by atoms with van der Waals surface area (Å²) < 4.78 is 13.0. The molecule has 224 valence electrons. The van der Waals surface area contributed by atoms with Crippen molar-refractivity contribution in [1.82, 2.24) is 5.32 Å². The fourth-order valence-electron chi connectivity index (χ4n) is 9.93. The average Bonchev–Trinajstić information content (AvgIpc) is 3.50. The molecule has 7 heteroatoms. The number of nitrogens with one attached hydrogen (secondary N) is 1. The first kappa shape index (κ1) is 30.5. The van der Waals surface area contributed by atoms with E-state index in [9.17, 15) is 9.59 Å². The number of hydrogen-bond donors (Lipinski definition) is 1. The van der Waals surface area contributed by atoms with Gasteiger partial charge in [0.1, 0.15) is 12.6 Å². The number of ketones is 1. The van der Waals surface area contributed by atoms with E-state index in [0.717, 1.165) is 41.3 Å². The fourth-order valence-corrected chi connectivity index (χ4v) is 11.1. The second-order valence-electron chi connectivity index (χ2n) is 13.9. The summed E-state index contributed by atoms with van der Waals surface area (Å²) in [6, 6.07) is 3.98. The number of thiophene rings is 1. The van der Waals surface area contributed by atoms with Crippen molar-refractivity contribution in [1.29, 1.82) is 0 Å². The monoisotopic (exact) mass is 591 g/mol. The molecule has 5 nitrogen and oxygen atoms in total. The number of hydrogen-bond acceptors (Lipinski definition) is 5. The van der Waals surface area contributed by atoms with Crippen LogP contribution in [0.5, 0.6) is 0 Å². The molecular weight excluding hydrogens is 542 g/mol. The van der Waals surface area contributed by atoms with Crippen molar-refractivity contribution in [2.45, 2.75) is 111 Å². The van der Waals surface area contributed by atoms with Crippen LogP contribution in [0.15, 0.2) is 12.1 Å². The number of carbonyl (C=O) groups excluding carboxylic acids is 2. The zero-order valence-corrected chi connectivity index (χ0v) is 26.8. The van der Waals surface area contributed by atoms with Gasteiger partial charge in [-0.1, -0.05) is 39.3 Å². The van der Waals surface area contributed by atoms with Crippen LogP contribution in [-0.4, -0.2) is 31.2 Å². The Morgan fingerprint density at radius 2 is 1.93 bits per heavy atom. The number of Topliss-reactive ketones (excluding diaryl/α,β-unsaturated/α-hetero) is 1. The van der Waals surface area contributed by atoms with Gasteiger partial charge in [0.05, 0.1) is 16.5 Å². The van der Waals surface area contributed by atoms with Gasteiger partial charge >= 0.3 is 0 Å². The number of ether oxygens (including phenoxy) is 2. The predicted molar refractivity (Wildman–Crippen MR) is 161 cm³/mol. The van der Waals surface area contributed by atoms with Crippen molar-refractivity contribution < 1.29 is 19.1 Å². The van der Waals surface area contributed by atoms with Crippen LogP contribution in [0.2, 0.25) is 4.34 Å². The first-order valence-corrected chi connectivity index (χ1v) is 17.1. The maximum Gasteiger partial charge on any atom is 0.220 e. The summed E-state index contributed by atoms with van der Waals surface area (Å²) in [5.41, 5.74) is 0.446. The standard InChI is InChI=1S/C33H50ClNO4S/c1-6-26(28-10-11-29(34)40-28)35-30(37)16-20(3)23-8-9-24-31-25(13-15-33(23,24)5)32(4)14-12-22(36)17-21(32)18-27(31)39-19-38-7-2/h10-11,20-21,23-27,31H,6-9,12-19H2,1-5H3,(H,35,37)/t20-,21+,23-,24+,25+,26-,27-,31+,32+,33-/m1/s1. The highest BCUT2D eigenvalue weighted by molar-refractivity contribution is 7.16. The maximum absolute atomic E-state index is 13.3. The topological polar surface area (TPSA) is 64.6 Å². The number of amides is 1. The van der Waals surface area contributed by atoms with Crippen LogP contribution in [0, 0.1) is 46.3 Å². The lowest BCUT2D eigenvalue weighted by Crippen LogP contribution is -2.59. The van der Waals surface area contributed by atoms with Crippen LogP contribution in [0.25, 0.3) is 0 Å². The molecule has 4 aliphatic rings. The molecule has 4 saturated carbocycles. The van der Waals surface area contributed by atoms with Crippen molar-refractivity contribution >= 4 is 34.6 Å². The van der Waals surface area contributed by atoms with Crippen molar-refractivity contribution in [2.75, 3.05) is 13.4 Å². The minimum absolute atomic E-state index is 0.0288. The van der Waals surface area contributed by atoms with Gasteiger partial charge in [-0.3, -0.25) is 9.59 Å². The van der Waals surface area contributed by atoms with Crippen molar-refractivity contribution in [2.24, 2.45) is 46.3 Å². The number of halogens is 1. The first-order chi connectivity index (χ1) is 19.1. The van der Waals surface area contributed by atoms with Gasteiger partial charge in [-0.25, -0.2) is 0 Å². The van der Waals surface area contributed by atoms with E-state index in [0.29, 0.717) is 61.1 Å². The third-order valence-electron chi connectivity index (χ3n) is 12.0. The van der Waals surface area contributed by atoms with E-state index in [1.807, 2.05) is 19.1 Å². The Kier molecular flexibility index (Phi) is 9.41. The molecule has 1 aromatic heterocycles. The molecule has 40 heavy (non-hydrogen) atoms. The van der Waals surface area contributed by atoms with E-state index in [1.54, 1.807) is 11.3 Å². The Morgan fingerprint density at radius 1 is 1.15 bits per heavy atom. The lowest BCUT2D eigenvalue weighted by atomic mass is 9.43. The van der Waals surface area contributed by atoms with Crippen LogP contribution in [-0.2, 0) is 19.1 Å². The van der Waals surface area contributed by atoms with Crippen LogP contribution >= 0.6 is 22.9 Å². The van der Waals surface area contributed by atoms with Gasteiger partial charge in [0, 0.05) is 30.7 Å². The molecule has 4 aliphatic carbocycles. The van der Waals surface area contributed by atoms with E-state index in [4.69, 9.17) is 21.1 Å². The molecule has 4 fully saturated rings. The number of rotatable bonds is 10. The average molecular weight is 592 g/mol. The van der Waals surface area contributed by atoms with Gasteiger partial charge in [0.25, 0.3) is 0 Å². The van der Waals surface area contributed by atoms with Crippen LogP contribution in [0.1, 0.15) is 110 Å². The van der Waals surface area contributed by atoms with Crippen LogP contribution < -0.4 is 5.32 Å². The van der Waals surface area contributed by atoms with E-state index < -0.39 is 0 Å². The van der Waals surface area contributed by atoms with Gasteiger partial charge in [0.2, 0.25) is 5.91 Å². The largest absolute Gasteiger partial charge is 0.356 e. The lowest BCUT2D eigenvalue weighted by molar-refractivity contribution is -0.204. The third-order valence-corrected chi connectivity index (χ3v) is 13.3. The smallest absolute Gasteiger partial charge is 0.220 e. The molecule has 0 aromatic carbocycles. The zero-order chi connectivity index (χ0) is 28.7. The SMILES string of the molecule is CCOCO[C@@H]1C[C@@H]2CC(=O)CC[C@]2(C)[C@H]2CC[C@]3(C)[C@@H]([C@H](C)CC(=O)N[C@H](CC)c4ccc(Cl)s4)CC[C@H]3[C@H]12. The maximum atomic E-state index is 13.3. The van der Waals surface area contributed by atoms with Gasteiger partial charge in [-0.05, 0) is 110 Å². The van der Waals surface area contributed by atoms with Crippen LogP contribution in [0.3, 0.4) is 0 Å². The first-order valence-electron chi connectivity index (χ1n) is 15.9. The summed E-state index contributed by atoms with van der Waals surface area (Å²) in [5, 5.41) is 3.31. The molecule has 10 atom stereocenters. The Morgan fingerprint density at radius 3 is 2.62 bits per heavy atom. The molecule has 1 heterocycles.